The number of imidazole rings is 1. The van der Waals surface area contributed by atoms with Gasteiger partial charge in [-0.3, -0.25) is 0 Å². The third-order valence-electron chi connectivity index (χ3n) is 3.06. The van der Waals surface area contributed by atoms with E-state index in [0.717, 1.165) is 5.52 Å². The van der Waals surface area contributed by atoms with Gasteiger partial charge in [-0.15, -0.1) is 0 Å². The molecule has 1 aromatic carbocycles. The number of hydrogen-bond donors (Lipinski definition) is 1. The molecule has 0 aliphatic rings. The molecule has 0 radical (unpaired) electrons. The Balaban J connectivity index is 2.70. The molecule has 104 valence electrons. The van der Waals surface area contributed by atoms with Gasteiger partial charge in [-0.1, -0.05) is 0 Å². The highest BCUT2D eigenvalue weighted by Crippen LogP contribution is 2.31. The second-order valence-corrected chi connectivity index (χ2v) is 5.03. The van der Waals surface area contributed by atoms with Crippen LogP contribution in [0, 0.1) is 5.82 Å². The van der Waals surface area contributed by atoms with E-state index in [1.54, 1.807) is 13.2 Å². The van der Waals surface area contributed by atoms with Gasteiger partial charge in [-0.05, 0) is 13.8 Å². The molecule has 0 aliphatic carbocycles. The minimum Gasteiger partial charge on any atom is -0.494 e. The summed E-state index contributed by atoms with van der Waals surface area (Å²) in [6, 6.07) is 2.93. The largest absolute Gasteiger partial charge is 0.494 e. The molecule has 0 bridgehead atoms. The van der Waals surface area contributed by atoms with Crippen molar-refractivity contribution in [2.45, 2.75) is 19.4 Å². The number of halogens is 1. The summed E-state index contributed by atoms with van der Waals surface area (Å²) >= 11 is 0. The maximum Gasteiger partial charge on any atom is 0.201 e. The smallest absolute Gasteiger partial charge is 0.201 e. The highest BCUT2D eigenvalue weighted by molar-refractivity contribution is 5.80. The van der Waals surface area contributed by atoms with Crippen LogP contribution in [0.3, 0.4) is 0 Å². The van der Waals surface area contributed by atoms with Crippen LogP contribution in [0.1, 0.15) is 13.8 Å². The zero-order valence-electron chi connectivity index (χ0n) is 11.5. The van der Waals surface area contributed by atoms with Crippen LogP contribution in [0.25, 0.3) is 11.0 Å². The lowest BCUT2D eigenvalue weighted by Gasteiger charge is -2.27. The van der Waals surface area contributed by atoms with Gasteiger partial charge in [0.25, 0.3) is 0 Å². The Morgan fingerprint density at radius 3 is 2.63 bits per heavy atom. The van der Waals surface area contributed by atoms with Crippen molar-refractivity contribution >= 4 is 17.0 Å². The summed E-state index contributed by atoms with van der Waals surface area (Å²) in [5.74, 6) is 0.0377. The van der Waals surface area contributed by atoms with Crippen LogP contribution in [0.5, 0.6) is 5.75 Å². The average molecular weight is 267 g/mol. The standard InChI is InChI=1S/C13H18FN3O2/c1-13(2,7-18-3)17-10-6-11(19-4)8(14)5-9(10)16-12(17)15/h5-6H,7H2,1-4H3,(H2,15,16). The topological polar surface area (TPSA) is 62.3 Å². The van der Waals surface area contributed by atoms with Crippen molar-refractivity contribution in [2.24, 2.45) is 0 Å². The Hall–Kier alpha value is -1.82. The molecule has 0 unspecified atom stereocenters. The van der Waals surface area contributed by atoms with Crippen LogP contribution < -0.4 is 10.5 Å². The fraction of sp³-hybridized carbons (Fsp3) is 0.462. The van der Waals surface area contributed by atoms with Crippen molar-refractivity contribution in [1.29, 1.82) is 0 Å². The van der Waals surface area contributed by atoms with Gasteiger partial charge < -0.3 is 19.8 Å². The lowest BCUT2D eigenvalue weighted by atomic mass is 10.1. The molecule has 0 aliphatic heterocycles. The summed E-state index contributed by atoms with van der Waals surface area (Å²) in [5.41, 5.74) is 6.77. The van der Waals surface area contributed by atoms with Gasteiger partial charge in [-0.25, -0.2) is 9.37 Å². The molecule has 0 saturated carbocycles. The lowest BCUT2D eigenvalue weighted by molar-refractivity contribution is 0.113. The van der Waals surface area contributed by atoms with E-state index >= 15 is 0 Å². The minimum atomic E-state index is -0.454. The van der Waals surface area contributed by atoms with Crippen LogP contribution in [0.4, 0.5) is 10.3 Å². The molecule has 1 aromatic heterocycles. The second-order valence-electron chi connectivity index (χ2n) is 5.03. The van der Waals surface area contributed by atoms with Gasteiger partial charge in [0.15, 0.2) is 11.6 Å². The summed E-state index contributed by atoms with van der Waals surface area (Å²) in [6.45, 7) is 4.41. The molecule has 2 N–H and O–H groups in total. The van der Waals surface area contributed by atoms with Gasteiger partial charge in [0.1, 0.15) is 0 Å². The van der Waals surface area contributed by atoms with Crippen molar-refractivity contribution < 1.29 is 13.9 Å². The van der Waals surface area contributed by atoms with Crippen molar-refractivity contribution in [1.82, 2.24) is 9.55 Å². The number of rotatable bonds is 4. The van der Waals surface area contributed by atoms with E-state index in [0.29, 0.717) is 18.1 Å². The number of methoxy groups -OCH3 is 2. The normalized spacial score (nSPS) is 12.1. The molecule has 0 fully saturated rings. The molecular weight excluding hydrogens is 249 g/mol. The number of ether oxygens (including phenoxy) is 2. The Labute approximate surface area is 111 Å². The first-order valence-corrected chi connectivity index (χ1v) is 5.91. The third kappa shape index (κ3) is 2.23. The summed E-state index contributed by atoms with van der Waals surface area (Å²) in [6.07, 6.45) is 0. The van der Waals surface area contributed by atoms with E-state index in [9.17, 15) is 4.39 Å². The van der Waals surface area contributed by atoms with Crippen LogP contribution in [0.2, 0.25) is 0 Å². The van der Waals surface area contributed by atoms with E-state index in [1.165, 1.54) is 13.2 Å². The number of nitrogens with two attached hydrogens (primary N) is 1. The van der Waals surface area contributed by atoms with Crippen molar-refractivity contribution in [2.75, 3.05) is 26.6 Å². The van der Waals surface area contributed by atoms with E-state index in [1.807, 2.05) is 18.4 Å². The minimum absolute atomic E-state index is 0.168. The average Bonchev–Trinajstić information content (AvgIpc) is 2.63. The number of aromatic nitrogens is 2. The lowest BCUT2D eigenvalue weighted by Crippen LogP contribution is -2.32. The van der Waals surface area contributed by atoms with Crippen LogP contribution >= 0.6 is 0 Å². The van der Waals surface area contributed by atoms with Crippen LogP contribution in [-0.2, 0) is 10.3 Å². The maximum absolute atomic E-state index is 13.7. The number of benzene rings is 1. The van der Waals surface area contributed by atoms with Gasteiger partial charge in [-0.2, -0.15) is 0 Å². The van der Waals surface area contributed by atoms with Crippen molar-refractivity contribution in [3.8, 4) is 5.75 Å². The quantitative estimate of drug-likeness (QED) is 0.922. The number of fused-ring (bicyclic) bond motifs is 1. The van der Waals surface area contributed by atoms with E-state index < -0.39 is 11.4 Å². The molecular formula is C13H18FN3O2. The van der Waals surface area contributed by atoms with E-state index in [2.05, 4.69) is 4.98 Å². The highest BCUT2D eigenvalue weighted by atomic mass is 19.1. The van der Waals surface area contributed by atoms with Gasteiger partial charge in [0.05, 0.1) is 30.3 Å². The predicted molar refractivity (Wildman–Crippen MR) is 71.9 cm³/mol. The summed E-state index contributed by atoms with van der Waals surface area (Å²) in [4.78, 5) is 4.19. The fourth-order valence-corrected chi connectivity index (χ4v) is 2.31. The number of anilines is 1. The molecule has 2 rings (SSSR count). The Kier molecular flexibility index (Phi) is 3.36. The highest BCUT2D eigenvalue weighted by Gasteiger charge is 2.26. The van der Waals surface area contributed by atoms with Crippen molar-refractivity contribution in [3.63, 3.8) is 0 Å². The summed E-state index contributed by atoms with van der Waals surface area (Å²) in [7, 11) is 3.05. The second kappa shape index (κ2) is 4.70. The zero-order valence-corrected chi connectivity index (χ0v) is 11.5. The van der Waals surface area contributed by atoms with Gasteiger partial charge >= 0.3 is 0 Å². The Morgan fingerprint density at radius 1 is 1.37 bits per heavy atom. The summed E-state index contributed by atoms with van der Waals surface area (Å²) in [5, 5.41) is 0. The number of hydrogen-bond acceptors (Lipinski definition) is 4. The fourth-order valence-electron chi connectivity index (χ4n) is 2.31. The molecule has 0 atom stereocenters. The van der Waals surface area contributed by atoms with E-state index in [-0.39, 0.29) is 5.75 Å². The van der Waals surface area contributed by atoms with Gasteiger partial charge in [0.2, 0.25) is 5.95 Å². The van der Waals surface area contributed by atoms with Crippen LogP contribution in [0.15, 0.2) is 12.1 Å². The third-order valence-corrected chi connectivity index (χ3v) is 3.06. The molecule has 0 amide bonds. The number of nitrogen functional groups attached to an aromatic ring is 1. The first-order valence-electron chi connectivity index (χ1n) is 5.91. The van der Waals surface area contributed by atoms with E-state index in [4.69, 9.17) is 15.2 Å². The first kappa shape index (κ1) is 13.6. The Bertz CT molecular complexity index is 607. The summed E-state index contributed by atoms with van der Waals surface area (Å²) < 4.78 is 25.7. The first-order chi connectivity index (χ1) is 8.90. The van der Waals surface area contributed by atoms with Crippen LogP contribution in [-0.4, -0.2) is 30.4 Å². The molecule has 6 heteroatoms. The molecule has 0 spiro atoms. The molecule has 0 saturated heterocycles. The molecule has 1 heterocycles. The number of nitrogens with zero attached hydrogens (tertiary/aromatic N) is 2. The maximum atomic E-state index is 13.7. The Morgan fingerprint density at radius 2 is 2.05 bits per heavy atom. The monoisotopic (exact) mass is 267 g/mol. The molecule has 5 nitrogen and oxygen atoms in total. The molecule has 19 heavy (non-hydrogen) atoms. The predicted octanol–water partition coefficient (Wildman–Crippen LogP) is 2.15. The SMILES string of the molecule is COCC(C)(C)n1c(N)nc2cc(F)c(OC)cc21. The van der Waals surface area contributed by atoms with Crippen molar-refractivity contribution in [3.05, 3.63) is 17.9 Å². The zero-order chi connectivity index (χ0) is 14.2. The van der Waals surface area contributed by atoms with Gasteiger partial charge in [0, 0.05) is 19.2 Å². The molecule has 2 aromatic rings.